The van der Waals surface area contributed by atoms with Crippen molar-refractivity contribution in [2.45, 2.75) is 0 Å². The Labute approximate surface area is 103 Å². The summed E-state index contributed by atoms with van der Waals surface area (Å²) in [5.41, 5.74) is 3.23. The highest BCUT2D eigenvalue weighted by atomic mass is 32.1. The second-order valence-electron chi connectivity index (χ2n) is 3.55. The Balaban J connectivity index is 2.13. The zero-order valence-electron chi connectivity index (χ0n) is 9.64. The summed E-state index contributed by atoms with van der Waals surface area (Å²) in [4.78, 5) is 22.1. The molecule has 1 amide bonds. The molecule has 0 unspecified atom stereocenters. The maximum absolute atomic E-state index is 11.3. The zero-order valence-corrected chi connectivity index (χ0v) is 10.5. The van der Waals surface area contributed by atoms with E-state index >= 15 is 0 Å². The van der Waals surface area contributed by atoms with Gasteiger partial charge in [0.1, 0.15) is 6.54 Å². The van der Waals surface area contributed by atoms with Crippen molar-refractivity contribution in [2.24, 2.45) is 0 Å². The fraction of sp³-hybridized carbons (Fsp3) is 0.273. The summed E-state index contributed by atoms with van der Waals surface area (Å²) in [6.07, 6.45) is 0. The molecule has 6 heteroatoms. The third-order valence-electron chi connectivity index (χ3n) is 2.21. The molecule has 90 valence electrons. The number of carbonyl (C=O) groups excluding carboxylic acids is 1. The number of hydrogen-bond acceptors (Lipinski definition) is 5. The molecule has 5 nitrogen and oxygen atoms in total. The molecule has 0 aliphatic rings. The Morgan fingerprint density at radius 2 is 2.29 bits per heavy atom. The van der Waals surface area contributed by atoms with Crippen LogP contribution >= 0.6 is 11.3 Å². The lowest BCUT2D eigenvalue weighted by Gasteiger charge is -2.14. The number of hydroxylamine groups is 1. The van der Waals surface area contributed by atoms with E-state index in [1.807, 2.05) is 31.3 Å². The number of likely N-dealkylation sites (N-methyl/N-ethyl adjacent to an activating group) is 1. The lowest BCUT2D eigenvalue weighted by atomic mass is 10.3. The molecule has 0 fully saturated rings. The van der Waals surface area contributed by atoms with Crippen molar-refractivity contribution in [3.63, 3.8) is 0 Å². The summed E-state index contributed by atoms with van der Waals surface area (Å²) in [5, 5.41) is 0.817. The van der Waals surface area contributed by atoms with E-state index in [0.29, 0.717) is 0 Å². The van der Waals surface area contributed by atoms with Gasteiger partial charge in [-0.1, -0.05) is 23.5 Å². The van der Waals surface area contributed by atoms with Crippen LogP contribution in [0.4, 0.5) is 5.13 Å². The predicted octanol–water partition coefficient (Wildman–Crippen LogP) is 1.41. The van der Waals surface area contributed by atoms with Crippen molar-refractivity contribution in [1.82, 2.24) is 10.5 Å². The molecule has 0 spiro atoms. The monoisotopic (exact) mass is 251 g/mol. The maximum Gasteiger partial charge on any atom is 0.263 e. The third-order valence-corrected chi connectivity index (χ3v) is 3.36. The van der Waals surface area contributed by atoms with Gasteiger partial charge in [0.05, 0.1) is 17.3 Å². The number of thiazole rings is 1. The van der Waals surface area contributed by atoms with E-state index in [0.717, 1.165) is 15.3 Å². The van der Waals surface area contributed by atoms with Crippen LogP contribution in [0.3, 0.4) is 0 Å². The van der Waals surface area contributed by atoms with Crippen molar-refractivity contribution < 1.29 is 9.63 Å². The first-order chi connectivity index (χ1) is 8.20. The molecule has 2 aromatic rings. The minimum Gasteiger partial charge on any atom is -0.342 e. The first-order valence-corrected chi connectivity index (χ1v) is 5.91. The predicted molar refractivity (Wildman–Crippen MR) is 68.0 cm³/mol. The fourth-order valence-corrected chi connectivity index (χ4v) is 2.38. The van der Waals surface area contributed by atoms with Gasteiger partial charge >= 0.3 is 0 Å². The highest BCUT2D eigenvalue weighted by Crippen LogP contribution is 2.27. The van der Waals surface area contributed by atoms with Gasteiger partial charge in [0.25, 0.3) is 5.91 Å². The number of fused-ring (bicyclic) bond motifs is 1. The van der Waals surface area contributed by atoms with E-state index in [1.165, 1.54) is 7.11 Å². The third kappa shape index (κ3) is 2.72. The van der Waals surface area contributed by atoms with E-state index in [2.05, 4.69) is 15.3 Å². The summed E-state index contributed by atoms with van der Waals surface area (Å²) < 4.78 is 1.11. The van der Waals surface area contributed by atoms with E-state index in [4.69, 9.17) is 0 Å². The number of amides is 1. The molecule has 17 heavy (non-hydrogen) atoms. The Hall–Kier alpha value is -1.66. The minimum absolute atomic E-state index is 0.200. The molecular weight excluding hydrogens is 238 g/mol. The van der Waals surface area contributed by atoms with E-state index < -0.39 is 0 Å². The SMILES string of the molecule is CONC(=O)CN(C)c1nc2ccccc2s1. The molecule has 1 aromatic heterocycles. The fourth-order valence-electron chi connectivity index (χ4n) is 1.45. The number of benzene rings is 1. The molecule has 0 radical (unpaired) electrons. The van der Waals surface area contributed by atoms with Gasteiger partial charge < -0.3 is 4.90 Å². The van der Waals surface area contributed by atoms with Gasteiger partial charge in [-0.25, -0.2) is 10.5 Å². The molecule has 0 saturated heterocycles. The van der Waals surface area contributed by atoms with Crippen molar-refractivity contribution in [3.8, 4) is 0 Å². The molecule has 1 heterocycles. The van der Waals surface area contributed by atoms with Crippen LogP contribution < -0.4 is 10.4 Å². The molecule has 0 saturated carbocycles. The van der Waals surface area contributed by atoms with Gasteiger partial charge in [-0.3, -0.25) is 9.63 Å². The number of aromatic nitrogens is 1. The first kappa shape index (κ1) is 11.8. The summed E-state index contributed by atoms with van der Waals surface area (Å²) >= 11 is 1.56. The second-order valence-corrected chi connectivity index (χ2v) is 4.56. The van der Waals surface area contributed by atoms with Crippen LogP contribution in [0.15, 0.2) is 24.3 Å². The zero-order chi connectivity index (χ0) is 12.3. The maximum atomic E-state index is 11.3. The second kappa shape index (κ2) is 5.11. The number of para-hydroxylation sites is 1. The minimum atomic E-state index is -0.200. The summed E-state index contributed by atoms with van der Waals surface area (Å²) in [6, 6.07) is 7.89. The Kier molecular flexibility index (Phi) is 3.55. The van der Waals surface area contributed by atoms with Gasteiger partial charge in [-0.05, 0) is 12.1 Å². The molecular formula is C11H13N3O2S. The topological polar surface area (TPSA) is 54.5 Å². The van der Waals surface area contributed by atoms with Crippen LogP contribution in [0.1, 0.15) is 0 Å². The molecule has 0 atom stereocenters. The van der Waals surface area contributed by atoms with Gasteiger partial charge in [0, 0.05) is 7.05 Å². The van der Waals surface area contributed by atoms with Crippen molar-refractivity contribution in [3.05, 3.63) is 24.3 Å². The molecule has 1 aromatic carbocycles. The number of rotatable bonds is 4. The summed E-state index contributed by atoms with van der Waals surface area (Å²) in [6.45, 7) is 0.216. The average molecular weight is 251 g/mol. The Bertz CT molecular complexity index is 493. The number of anilines is 1. The van der Waals surface area contributed by atoms with Crippen LogP contribution in [-0.4, -0.2) is 31.6 Å². The normalized spacial score (nSPS) is 10.5. The summed E-state index contributed by atoms with van der Waals surface area (Å²) in [5.74, 6) is -0.200. The number of nitrogens with zero attached hydrogens (tertiary/aromatic N) is 2. The smallest absolute Gasteiger partial charge is 0.263 e. The van der Waals surface area contributed by atoms with Gasteiger partial charge in [-0.2, -0.15) is 0 Å². The van der Waals surface area contributed by atoms with E-state index in [9.17, 15) is 4.79 Å². The molecule has 0 aliphatic heterocycles. The van der Waals surface area contributed by atoms with Crippen molar-refractivity contribution in [2.75, 3.05) is 25.6 Å². The van der Waals surface area contributed by atoms with Gasteiger partial charge in [-0.15, -0.1) is 0 Å². The van der Waals surface area contributed by atoms with Crippen LogP contribution in [0, 0.1) is 0 Å². The average Bonchev–Trinajstić information content (AvgIpc) is 2.72. The highest BCUT2D eigenvalue weighted by molar-refractivity contribution is 7.22. The standard InChI is InChI=1S/C11H13N3O2S/c1-14(7-10(15)13-16-2)11-12-8-5-3-4-6-9(8)17-11/h3-6H,7H2,1-2H3,(H,13,15). The van der Waals surface area contributed by atoms with Crippen molar-refractivity contribution in [1.29, 1.82) is 0 Å². The van der Waals surface area contributed by atoms with Gasteiger partial charge in [0.2, 0.25) is 0 Å². The highest BCUT2D eigenvalue weighted by Gasteiger charge is 2.11. The van der Waals surface area contributed by atoms with Crippen LogP contribution in [-0.2, 0) is 9.63 Å². The van der Waals surface area contributed by atoms with Crippen LogP contribution in [0.5, 0.6) is 0 Å². The quantitative estimate of drug-likeness (QED) is 0.835. The first-order valence-electron chi connectivity index (χ1n) is 5.09. The van der Waals surface area contributed by atoms with E-state index in [1.54, 1.807) is 16.2 Å². The number of carbonyl (C=O) groups is 1. The molecule has 1 N–H and O–H groups in total. The van der Waals surface area contributed by atoms with Crippen molar-refractivity contribution >= 4 is 32.6 Å². The Morgan fingerprint density at radius 3 is 3.00 bits per heavy atom. The molecule has 0 bridgehead atoms. The number of nitrogens with one attached hydrogen (secondary N) is 1. The molecule has 0 aliphatic carbocycles. The van der Waals surface area contributed by atoms with Crippen LogP contribution in [0.2, 0.25) is 0 Å². The Morgan fingerprint density at radius 1 is 1.53 bits per heavy atom. The van der Waals surface area contributed by atoms with E-state index in [-0.39, 0.29) is 12.5 Å². The van der Waals surface area contributed by atoms with Gasteiger partial charge in [0.15, 0.2) is 5.13 Å². The number of hydrogen-bond donors (Lipinski definition) is 1. The van der Waals surface area contributed by atoms with Crippen LogP contribution in [0.25, 0.3) is 10.2 Å². The summed E-state index contributed by atoms with van der Waals surface area (Å²) in [7, 11) is 3.24. The largest absolute Gasteiger partial charge is 0.342 e. The lowest BCUT2D eigenvalue weighted by Crippen LogP contribution is -2.34. The molecule has 2 rings (SSSR count). The lowest BCUT2D eigenvalue weighted by molar-refractivity contribution is -0.129.